The highest BCUT2D eigenvalue weighted by molar-refractivity contribution is 5.95. The van der Waals surface area contributed by atoms with E-state index in [-0.39, 0.29) is 18.1 Å². The van der Waals surface area contributed by atoms with E-state index in [1.54, 1.807) is 25.3 Å². The van der Waals surface area contributed by atoms with Crippen LogP contribution in [0.1, 0.15) is 48.9 Å². The molecule has 1 fully saturated rings. The van der Waals surface area contributed by atoms with E-state index < -0.39 is 0 Å². The van der Waals surface area contributed by atoms with E-state index in [9.17, 15) is 4.79 Å². The zero-order valence-corrected chi connectivity index (χ0v) is 16.3. The molecule has 0 aliphatic carbocycles. The molecule has 7 nitrogen and oxygen atoms in total. The maximum Gasteiger partial charge on any atom is 0.254 e. The number of hydrogen-bond acceptors (Lipinski definition) is 5. The van der Waals surface area contributed by atoms with Gasteiger partial charge in [-0.1, -0.05) is 6.07 Å². The van der Waals surface area contributed by atoms with Crippen molar-refractivity contribution >= 4 is 11.6 Å². The van der Waals surface area contributed by atoms with Crippen LogP contribution in [-0.2, 0) is 0 Å². The van der Waals surface area contributed by atoms with Crippen molar-refractivity contribution in [1.82, 2.24) is 19.5 Å². The van der Waals surface area contributed by atoms with Gasteiger partial charge in [-0.3, -0.25) is 9.20 Å². The van der Waals surface area contributed by atoms with Crippen LogP contribution in [0.4, 0.5) is 0 Å². The number of carbonyl (C=O) groups excluding carboxylic acids is 1. The van der Waals surface area contributed by atoms with Crippen LogP contribution in [0.15, 0.2) is 42.6 Å². The Morgan fingerprint density at radius 2 is 2.04 bits per heavy atom. The molecule has 0 radical (unpaired) electrons. The molecule has 1 aliphatic heterocycles. The summed E-state index contributed by atoms with van der Waals surface area (Å²) in [6.45, 7) is 4.60. The third kappa shape index (κ3) is 3.28. The predicted molar refractivity (Wildman–Crippen MR) is 105 cm³/mol. The number of benzene rings is 1. The Hall–Kier alpha value is -3.09. The second-order valence-corrected chi connectivity index (χ2v) is 7.18. The van der Waals surface area contributed by atoms with Gasteiger partial charge in [-0.05, 0) is 57.0 Å². The fraction of sp³-hybridized carbons (Fsp3) is 0.381. The van der Waals surface area contributed by atoms with Gasteiger partial charge in [0.05, 0.1) is 19.3 Å². The molecule has 1 saturated heterocycles. The van der Waals surface area contributed by atoms with E-state index in [1.807, 2.05) is 47.5 Å². The molecule has 28 heavy (non-hydrogen) atoms. The second-order valence-electron chi connectivity index (χ2n) is 7.18. The van der Waals surface area contributed by atoms with Crippen molar-refractivity contribution < 1.29 is 14.3 Å². The molecule has 1 amide bonds. The van der Waals surface area contributed by atoms with Gasteiger partial charge in [0.2, 0.25) is 0 Å². The Balaban J connectivity index is 1.63. The maximum absolute atomic E-state index is 13.3. The summed E-state index contributed by atoms with van der Waals surface area (Å²) >= 11 is 0. The number of ether oxygens (including phenoxy) is 2. The molecule has 0 saturated carbocycles. The van der Waals surface area contributed by atoms with Crippen molar-refractivity contribution in [2.24, 2.45) is 0 Å². The molecular formula is C21H24N4O3. The Morgan fingerprint density at radius 1 is 1.18 bits per heavy atom. The first kappa shape index (κ1) is 18.3. The van der Waals surface area contributed by atoms with Crippen molar-refractivity contribution in [2.75, 3.05) is 13.7 Å². The number of aromatic nitrogens is 3. The van der Waals surface area contributed by atoms with Crippen LogP contribution in [0.25, 0.3) is 5.65 Å². The lowest BCUT2D eigenvalue weighted by molar-refractivity contribution is 0.0728. The smallest absolute Gasteiger partial charge is 0.254 e. The molecule has 0 spiro atoms. The molecular weight excluding hydrogens is 356 g/mol. The fourth-order valence-corrected chi connectivity index (χ4v) is 3.68. The Kier molecular flexibility index (Phi) is 4.90. The summed E-state index contributed by atoms with van der Waals surface area (Å²) in [5.74, 6) is 1.96. The van der Waals surface area contributed by atoms with Gasteiger partial charge in [0.1, 0.15) is 0 Å². The summed E-state index contributed by atoms with van der Waals surface area (Å²) in [6.07, 6.45) is 3.77. The highest BCUT2D eigenvalue weighted by atomic mass is 16.5. The molecule has 1 atom stereocenters. The van der Waals surface area contributed by atoms with Crippen LogP contribution in [0.5, 0.6) is 11.5 Å². The molecule has 0 N–H and O–H groups in total. The lowest BCUT2D eigenvalue weighted by Crippen LogP contribution is -2.31. The standard InChI is InChI=1S/C21H24N4O3/c1-14(2)28-17-10-9-15(13-18(17)27-3)21(26)24-12-6-7-16(24)20-23-22-19-8-4-5-11-25(19)20/h4-5,8-11,13-14,16H,6-7,12H2,1-3H3/t16-/m1/s1. The van der Waals surface area contributed by atoms with Crippen molar-refractivity contribution in [3.8, 4) is 11.5 Å². The molecule has 0 bridgehead atoms. The number of hydrogen-bond donors (Lipinski definition) is 0. The van der Waals surface area contributed by atoms with Crippen molar-refractivity contribution in [1.29, 1.82) is 0 Å². The molecule has 7 heteroatoms. The van der Waals surface area contributed by atoms with Gasteiger partial charge in [-0.15, -0.1) is 10.2 Å². The van der Waals surface area contributed by atoms with Crippen molar-refractivity contribution in [3.63, 3.8) is 0 Å². The molecule has 1 aliphatic rings. The highest BCUT2D eigenvalue weighted by Gasteiger charge is 2.34. The lowest BCUT2D eigenvalue weighted by atomic mass is 10.1. The van der Waals surface area contributed by atoms with Crippen molar-refractivity contribution in [2.45, 2.75) is 38.8 Å². The second kappa shape index (κ2) is 7.50. The van der Waals surface area contributed by atoms with E-state index in [4.69, 9.17) is 9.47 Å². The number of carbonyl (C=O) groups is 1. The zero-order valence-electron chi connectivity index (χ0n) is 16.3. The van der Waals surface area contributed by atoms with E-state index >= 15 is 0 Å². The summed E-state index contributed by atoms with van der Waals surface area (Å²) in [4.78, 5) is 15.1. The van der Waals surface area contributed by atoms with Gasteiger partial charge in [0, 0.05) is 18.3 Å². The number of nitrogens with zero attached hydrogens (tertiary/aromatic N) is 4. The highest BCUT2D eigenvalue weighted by Crippen LogP contribution is 2.34. The van der Waals surface area contributed by atoms with E-state index in [0.29, 0.717) is 23.6 Å². The van der Waals surface area contributed by atoms with Crippen LogP contribution in [0, 0.1) is 0 Å². The van der Waals surface area contributed by atoms with Crippen LogP contribution in [-0.4, -0.2) is 45.2 Å². The SMILES string of the molecule is COc1cc(C(=O)N2CCC[C@@H]2c2nnc3ccccn23)ccc1OC(C)C. The number of amides is 1. The van der Waals surface area contributed by atoms with Crippen LogP contribution < -0.4 is 9.47 Å². The number of likely N-dealkylation sites (tertiary alicyclic amines) is 1. The van der Waals surface area contributed by atoms with Gasteiger partial charge in [-0.2, -0.15) is 0 Å². The van der Waals surface area contributed by atoms with Gasteiger partial charge in [0.15, 0.2) is 23.0 Å². The minimum Gasteiger partial charge on any atom is -0.493 e. The average molecular weight is 380 g/mol. The first-order valence-electron chi connectivity index (χ1n) is 9.54. The van der Waals surface area contributed by atoms with Crippen LogP contribution in [0.2, 0.25) is 0 Å². The molecule has 1 aromatic carbocycles. The monoisotopic (exact) mass is 380 g/mol. The average Bonchev–Trinajstić information content (AvgIpc) is 3.34. The largest absolute Gasteiger partial charge is 0.493 e. The number of methoxy groups -OCH3 is 1. The van der Waals surface area contributed by atoms with Crippen molar-refractivity contribution in [3.05, 3.63) is 54.0 Å². The lowest BCUT2D eigenvalue weighted by Gasteiger charge is -2.24. The molecule has 3 heterocycles. The molecule has 2 aromatic heterocycles. The first-order valence-corrected chi connectivity index (χ1v) is 9.54. The molecule has 4 rings (SSSR count). The fourth-order valence-electron chi connectivity index (χ4n) is 3.68. The third-order valence-electron chi connectivity index (χ3n) is 4.93. The summed E-state index contributed by atoms with van der Waals surface area (Å²) in [5, 5.41) is 8.59. The quantitative estimate of drug-likeness (QED) is 0.678. The van der Waals surface area contributed by atoms with Gasteiger partial charge in [-0.25, -0.2) is 0 Å². The normalized spacial score (nSPS) is 16.7. The first-order chi connectivity index (χ1) is 13.6. The third-order valence-corrected chi connectivity index (χ3v) is 4.93. The Labute approximate surface area is 163 Å². The summed E-state index contributed by atoms with van der Waals surface area (Å²) < 4.78 is 13.1. The van der Waals surface area contributed by atoms with Gasteiger partial charge in [0.25, 0.3) is 5.91 Å². The van der Waals surface area contributed by atoms with Gasteiger partial charge < -0.3 is 14.4 Å². The van der Waals surface area contributed by atoms with Crippen LogP contribution in [0.3, 0.4) is 0 Å². The molecule has 0 unspecified atom stereocenters. The molecule has 146 valence electrons. The molecule has 3 aromatic rings. The Bertz CT molecular complexity index is 998. The summed E-state index contributed by atoms with van der Waals surface area (Å²) in [6, 6.07) is 11.0. The number of pyridine rings is 1. The Morgan fingerprint density at radius 3 is 2.82 bits per heavy atom. The van der Waals surface area contributed by atoms with Gasteiger partial charge >= 0.3 is 0 Å². The minimum absolute atomic E-state index is 0.0274. The topological polar surface area (TPSA) is 69.0 Å². The predicted octanol–water partition coefficient (Wildman–Crippen LogP) is 3.50. The zero-order chi connectivity index (χ0) is 19.7. The van der Waals surface area contributed by atoms with Crippen LogP contribution >= 0.6 is 0 Å². The van der Waals surface area contributed by atoms with E-state index in [1.165, 1.54) is 0 Å². The summed E-state index contributed by atoms with van der Waals surface area (Å²) in [7, 11) is 1.58. The van der Waals surface area contributed by atoms with E-state index in [0.717, 1.165) is 24.3 Å². The van der Waals surface area contributed by atoms with E-state index in [2.05, 4.69) is 10.2 Å². The maximum atomic E-state index is 13.3. The number of fused-ring (bicyclic) bond motifs is 1. The summed E-state index contributed by atoms with van der Waals surface area (Å²) in [5.41, 5.74) is 1.36. The number of rotatable bonds is 5. The minimum atomic E-state index is -0.0949.